The third-order valence-electron chi connectivity index (χ3n) is 2.01. The van der Waals surface area contributed by atoms with Gasteiger partial charge in [-0.15, -0.1) is 0 Å². The van der Waals surface area contributed by atoms with E-state index in [0.717, 1.165) is 0 Å². The highest BCUT2D eigenvalue weighted by molar-refractivity contribution is 5.80. The van der Waals surface area contributed by atoms with Crippen molar-refractivity contribution in [1.29, 1.82) is 0 Å². The fraction of sp³-hybridized carbons (Fsp3) is 0.857. The fourth-order valence-corrected chi connectivity index (χ4v) is 1.33. The quantitative estimate of drug-likeness (QED) is 0.586. The van der Waals surface area contributed by atoms with Crippen LogP contribution in [0.1, 0.15) is 13.8 Å². The summed E-state index contributed by atoms with van der Waals surface area (Å²) in [5, 5.41) is 8.71. The van der Waals surface area contributed by atoms with Crippen molar-refractivity contribution >= 4 is 5.97 Å². The van der Waals surface area contributed by atoms with E-state index in [1.54, 1.807) is 0 Å². The van der Waals surface area contributed by atoms with Crippen LogP contribution in [0.2, 0.25) is 0 Å². The zero-order valence-corrected chi connectivity index (χ0v) is 6.70. The van der Waals surface area contributed by atoms with Gasteiger partial charge in [0, 0.05) is 0 Å². The van der Waals surface area contributed by atoms with E-state index in [-0.39, 0.29) is 18.6 Å². The molecule has 0 spiro atoms. The number of rotatable bonds is 2. The third kappa shape index (κ3) is 1.12. The van der Waals surface area contributed by atoms with Crippen molar-refractivity contribution in [1.82, 2.24) is 0 Å². The number of carbonyl (C=O) groups is 1. The Balaban J connectivity index is 2.67. The SMILES string of the molecule is CC(C)C1OCC1(N)C(=O)O. The molecule has 1 rings (SSSR count). The van der Waals surface area contributed by atoms with Crippen LogP contribution in [0.15, 0.2) is 0 Å². The van der Waals surface area contributed by atoms with Crippen molar-refractivity contribution in [3.63, 3.8) is 0 Å². The first kappa shape index (κ1) is 8.49. The predicted molar refractivity (Wildman–Crippen MR) is 39.1 cm³/mol. The maximum absolute atomic E-state index is 10.6. The van der Waals surface area contributed by atoms with Crippen LogP contribution in [0, 0.1) is 5.92 Å². The first-order valence-electron chi connectivity index (χ1n) is 3.62. The molecule has 0 radical (unpaired) electrons. The molecule has 3 N–H and O–H groups in total. The standard InChI is InChI=1S/C7H13NO3/c1-4(2)5-7(8,3-11-5)6(9)10/h4-5H,3,8H2,1-2H3,(H,9,10). The smallest absolute Gasteiger partial charge is 0.328 e. The van der Waals surface area contributed by atoms with Crippen molar-refractivity contribution in [3.05, 3.63) is 0 Å². The second-order valence-corrected chi connectivity index (χ2v) is 3.32. The van der Waals surface area contributed by atoms with E-state index in [0.29, 0.717) is 0 Å². The molecule has 1 aliphatic rings. The van der Waals surface area contributed by atoms with Gasteiger partial charge in [0.15, 0.2) is 5.54 Å². The molecule has 0 aliphatic carbocycles. The average molecular weight is 159 g/mol. The molecular formula is C7H13NO3. The van der Waals surface area contributed by atoms with E-state index in [2.05, 4.69) is 0 Å². The van der Waals surface area contributed by atoms with Crippen molar-refractivity contribution < 1.29 is 14.6 Å². The maximum Gasteiger partial charge on any atom is 0.328 e. The molecule has 0 aromatic rings. The second-order valence-electron chi connectivity index (χ2n) is 3.32. The molecule has 0 aromatic carbocycles. The van der Waals surface area contributed by atoms with E-state index in [4.69, 9.17) is 15.6 Å². The maximum atomic E-state index is 10.6. The Kier molecular flexibility index (Phi) is 1.90. The molecule has 0 bridgehead atoms. The molecule has 2 unspecified atom stereocenters. The molecule has 2 atom stereocenters. The van der Waals surface area contributed by atoms with Crippen LogP contribution in [-0.4, -0.2) is 29.3 Å². The lowest BCUT2D eigenvalue weighted by molar-refractivity contribution is -0.188. The van der Waals surface area contributed by atoms with Crippen LogP contribution in [0.25, 0.3) is 0 Å². The van der Waals surface area contributed by atoms with Crippen LogP contribution < -0.4 is 5.73 Å². The molecular weight excluding hydrogens is 146 g/mol. The van der Waals surface area contributed by atoms with E-state index >= 15 is 0 Å². The van der Waals surface area contributed by atoms with Gasteiger partial charge in [0.1, 0.15) is 0 Å². The highest BCUT2D eigenvalue weighted by Crippen LogP contribution is 2.29. The molecule has 1 saturated heterocycles. The number of hydrogen-bond donors (Lipinski definition) is 2. The summed E-state index contributed by atoms with van der Waals surface area (Å²) in [6.45, 7) is 3.92. The van der Waals surface area contributed by atoms with Gasteiger partial charge in [-0.3, -0.25) is 4.79 Å². The van der Waals surface area contributed by atoms with Crippen molar-refractivity contribution in [2.75, 3.05) is 6.61 Å². The zero-order chi connectivity index (χ0) is 8.65. The van der Waals surface area contributed by atoms with Gasteiger partial charge < -0.3 is 15.6 Å². The van der Waals surface area contributed by atoms with Crippen LogP contribution in [-0.2, 0) is 9.53 Å². The summed E-state index contributed by atoms with van der Waals surface area (Å²) in [5.41, 5.74) is 4.42. The Morgan fingerprint density at radius 1 is 1.82 bits per heavy atom. The van der Waals surface area contributed by atoms with E-state index in [9.17, 15) is 4.79 Å². The van der Waals surface area contributed by atoms with Crippen LogP contribution in [0.3, 0.4) is 0 Å². The molecule has 64 valence electrons. The molecule has 0 saturated carbocycles. The zero-order valence-electron chi connectivity index (χ0n) is 6.70. The van der Waals surface area contributed by atoms with E-state index in [1.807, 2.05) is 13.8 Å². The van der Waals surface area contributed by atoms with Crippen molar-refractivity contribution in [2.24, 2.45) is 11.7 Å². The Morgan fingerprint density at radius 3 is 2.45 bits per heavy atom. The van der Waals surface area contributed by atoms with Gasteiger partial charge in [-0.2, -0.15) is 0 Å². The molecule has 1 aliphatic heterocycles. The highest BCUT2D eigenvalue weighted by atomic mass is 16.5. The Bertz CT molecular complexity index is 181. The number of hydrogen-bond acceptors (Lipinski definition) is 3. The molecule has 1 fully saturated rings. The topological polar surface area (TPSA) is 72.5 Å². The molecule has 4 heteroatoms. The fourth-order valence-electron chi connectivity index (χ4n) is 1.33. The molecule has 4 nitrogen and oxygen atoms in total. The normalized spacial score (nSPS) is 36.9. The minimum Gasteiger partial charge on any atom is -0.480 e. The van der Waals surface area contributed by atoms with Gasteiger partial charge in [0.2, 0.25) is 0 Å². The monoisotopic (exact) mass is 159 g/mol. The second kappa shape index (κ2) is 2.46. The first-order valence-corrected chi connectivity index (χ1v) is 3.62. The summed E-state index contributed by atoms with van der Waals surface area (Å²) in [6.07, 6.45) is -0.333. The average Bonchev–Trinajstić information content (AvgIpc) is 1.82. The number of carboxylic acids is 1. The van der Waals surface area contributed by atoms with Gasteiger partial charge >= 0.3 is 5.97 Å². The summed E-state index contributed by atoms with van der Waals surface area (Å²) in [7, 11) is 0. The van der Waals surface area contributed by atoms with Crippen molar-refractivity contribution in [2.45, 2.75) is 25.5 Å². The predicted octanol–water partition coefficient (Wildman–Crippen LogP) is -0.177. The number of nitrogens with two attached hydrogens (primary N) is 1. The number of carboxylic acid groups (broad SMARTS) is 1. The lowest BCUT2D eigenvalue weighted by atomic mass is 9.82. The lowest BCUT2D eigenvalue weighted by Gasteiger charge is -2.45. The summed E-state index contributed by atoms with van der Waals surface area (Å²) in [6, 6.07) is 0. The Hall–Kier alpha value is -0.610. The van der Waals surface area contributed by atoms with Crippen LogP contribution >= 0.6 is 0 Å². The molecule has 0 amide bonds. The Labute approximate surface area is 65.3 Å². The molecule has 0 aromatic heterocycles. The minimum absolute atomic E-state index is 0.130. The number of ether oxygens (including phenoxy) is 1. The van der Waals surface area contributed by atoms with Gasteiger partial charge in [0.25, 0.3) is 0 Å². The van der Waals surface area contributed by atoms with Gasteiger partial charge in [-0.05, 0) is 5.92 Å². The van der Waals surface area contributed by atoms with Crippen molar-refractivity contribution in [3.8, 4) is 0 Å². The largest absolute Gasteiger partial charge is 0.480 e. The van der Waals surface area contributed by atoms with Crippen LogP contribution in [0.5, 0.6) is 0 Å². The Morgan fingerprint density at radius 2 is 2.36 bits per heavy atom. The summed E-state index contributed by atoms with van der Waals surface area (Å²) in [4.78, 5) is 10.6. The van der Waals surface area contributed by atoms with Crippen LogP contribution in [0.4, 0.5) is 0 Å². The summed E-state index contributed by atoms with van der Waals surface area (Å²) in [5.74, 6) is -0.813. The number of aliphatic carboxylic acids is 1. The first-order chi connectivity index (χ1) is 4.98. The summed E-state index contributed by atoms with van der Waals surface area (Å²) >= 11 is 0. The summed E-state index contributed by atoms with van der Waals surface area (Å²) < 4.78 is 5.06. The third-order valence-corrected chi connectivity index (χ3v) is 2.01. The van der Waals surface area contributed by atoms with E-state index < -0.39 is 11.5 Å². The van der Waals surface area contributed by atoms with Gasteiger partial charge in [-0.25, -0.2) is 0 Å². The lowest BCUT2D eigenvalue weighted by Crippen LogP contribution is -2.71. The van der Waals surface area contributed by atoms with Gasteiger partial charge in [-0.1, -0.05) is 13.8 Å². The molecule has 11 heavy (non-hydrogen) atoms. The highest BCUT2D eigenvalue weighted by Gasteiger charge is 2.52. The minimum atomic E-state index is -1.14. The van der Waals surface area contributed by atoms with Gasteiger partial charge in [0.05, 0.1) is 12.7 Å². The molecule has 1 heterocycles. The van der Waals surface area contributed by atoms with E-state index in [1.165, 1.54) is 0 Å².